The van der Waals surface area contributed by atoms with Gasteiger partial charge in [-0.05, 0) is 61.1 Å². The Morgan fingerprint density at radius 3 is 2.08 bits per heavy atom. The van der Waals surface area contributed by atoms with E-state index in [4.69, 9.17) is 10.8 Å². The molecule has 3 aromatic rings. The van der Waals surface area contributed by atoms with Crippen LogP contribution in [0.15, 0.2) is 78.9 Å². The number of hydrogen-bond acceptors (Lipinski definition) is 6. The van der Waals surface area contributed by atoms with Crippen LogP contribution < -0.4 is 16.4 Å². The molecule has 0 bridgehead atoms. The van der Waals surface area contributed by atoms with Crippen molar-refractivity contribution in [3.8, 4) is 11.8 Å². The van der Waals surface area contributed by atoms with E-state index in [1.807, 2.05) is 54.4 Å². The number of aliphatic hydroxyl groups is 1. The summed E-state index contributed by atoms with van der Waals surface area (Å²) in [7, 11) is 1.90. The number of nitrogens with one attached hydrogen (secondary N) is 2. The maximum Gasteiger partial charge on any atom is 0.251 e. The second-order valence-corrected chi connectivity index (χ2v) is 8.50. The fraction of sp³-hybridized carbons (Fsp3) is 0.207. The van der Waals surface area contributed by atoms with E-state index in [0.29, 0.717) is 23.4 Å². The highest BCUT2D eigenvalue weighted by molar-refractivity contribution is 5.98. The lowest BCUT2D eigenvalue weighted by molar-refractivity contribution is -0.123. The summed E-state index contributed by atoms with van der Waals surface area (Å²) >= 11 is 0. The number of rotatable bonds is 10. The summed E-state index contributed by atoms with van der Waals surface area (Å²) in [5.41, 5.74) is 9.15. The number of benzene rings is 3. The lowest BCUT2D eigenvalue weighted by Gasteiger charge is -2.16. The molecular formula is C29H30N4O4. The van der Waals surface area contributed by atoms with Gasteiger partial charge in [-0.2, -0.15) is 0 Å². The number of hydrogen-bond donors (Lipinski definition) is 4. The number of likely N-dealkylation sites (N-methyl/N-ethyl adjacent to an activating group) is 1. The van der Waals surface area contributed by atoms with E-state index >= 15 is 0 Å². The Hall–Kier alpha value is -4.29. The van der Waals surface area contributed by atoms with Crippen molar-refractivity contribution in [1.29, 1.82) is 0 Å². The van der Waals surface area contributed by atoms with Crippen LogP contribution in [-0.4, -0.2) is 60.4 Å². The van der Waals surface area contributed by atoms with E-state index in [-0.39, 0.29) is 19.0 Å². The molecule has 190 valence electrons. The predicted molar refractivity (Wildman–Crippen MR) is 143 cm³/mol. The number of carbonyl (C=O) groups is 3. The van der Waals surface area contributed by atoms with Gasteiger partial charge in [0.1, 0.15) is 12.6 Å². The molecule has 0 aliphatic carbocycles. The van der Waals surface area contributed by atoms with Crippen molar-refractivity contribution in [2.24, 2.45) is 5.73 Å². The SMILES string of the molecule is CN(CC(=O)Nc1ccc(C#Cc2ccc(C(=O)N[C@@H](CN)C(=O)CO)cc2)cc1)Cc1ccccc1. The van der Waals surface area contributed by atoms with E-state index in [0.717, 1.165) is 11.1 Å². The van der Waals surface area contributed by atoms with Gasteiger partial charge in [0.2, 0.25) is 5.91 Å². The predicted octanol–water partition coefficient (Wildman–Crippen LogP) is 1.78. The van der Waals surface area contributed by atoms with Gasteiger partial charge in [-0.1, -0.05) is 42.2 Å². The van der Waals surface area contributed by atoms with E-state index < -0.39 is 24.3 Å². The van der Waals surface area contributed by atoms with Crippen LogP contribution in [-0.2, 0) is 16.1 Å². The smallest absolute Gasteiger partial charge is 0.251 e. The quantitative estimate of drug-likeness (QED) is 0.316. The molecule has 0 fully saturated rings. The molecule has 8 nitrogen and oxygen atoms in total. The molecule has 3 aromatic carbocycles. The zero-order valence-electron chi connectivity index (χ0n) is 20.6. The van der Waals surface area contributed by atoms with Crippen LogP contribution in [0, 0.1) is 11.8 Å². The fourth-order valence-corrected chi connectivity index (χ4v) is 3.51. The van der Waals surface area contributed by atoms with E-state index in [9.17, 15) is 14.4 Å². The van der Waals surface area contributed by atoms with Gasteiger partial charge in [0.05, 0.1) is 6.54 Å². The van der Waals surface area contributed by atoms with Gasteiger partial charge in [-0.3, -0.25) is 19.3 Å². The van der Waals surface area contributed by atoms with Crippen molar-refractivity contribution >= 4 is 23.3 Å². The Morgan fingerprint density at radius 1 is 0.919 bits per heavy atom. The van der Waals surface area contributed by atoms with E-state index in [1.54, 1.807) is 36.4 Å². The van der Waals surface area contributed by atoms with Crippen LogP contribution in [0.2, 0.25) is 0 Å². The highest BCUT2D eigenvalue weighted by Crippen LogP contribution is 2.10. The molecule has 0 saturated carbocycles. The first-order valence-corrected chi connectivity index (χ1v) is 11.8. The number of Topliss-reactive ketones (excluding diaryl/α,β-unsaturated/α-hetero) is 1. The molecule has 0 spiro atoms. The summed E-state index contributed by atoms with van der Waals surface area (Å²) < 4.78 is 0. The lowest BCUT2D eigenvalue weighted by atomic mass is 10.1. The largest absolute Gasteiger partial charge is 0.388 e. The van der Waals surface area contributed by atoms with E-state index in [2.05, 4.69) is 22.5 Å². The van der Waals surface area contributed by atoms with Gasteiger partial charge in [0, 0.05) is 35.5 Å². The van der Waals surface area contributed by atoms with Gasteiger partial charge in [-0.25, -0.2) is 0 Å². The lowest BCUT2D eigenvalue weighted by Crippen LogP contribution is -2.46. The summed E-state index contributed by atoms with van der Waals surface area (Å²) in [6, 6.07) is 22.9. The second kappa shape index (κ2) is 13.7. The van der Waals surface area contributed by atoms with Gasteiger partial charge in [-0.15, -0.1) is 0 Å². The van der Waals surface area contributed by atoms with Crippen LogP contribution >= 0.6 is 0 Å². The number of aliphatic hydroxyl groups excluding tert-OH is 1. The molecule has 3 rings (SSSR count). The summed E-state index contributed by atoms with van der Waals surface area (Å²) in [5.74, 6) is 4.99. The van der Waals surface area contributed by atoms with Crippen LogP contribution in [0.25, 0.3) is 0 Å². The minimum Gasteiger partial charge on any atom is -0.388 e. The van der Waals surface area contributed by atoms with Gasteiger partial charge < -0.3 is 21.5 Å². The molecular weight excluding hydrogens is 468 g/mol. The number of ketones is 1. The highest BCUT2D eigenvalue weighted by atomic mass is 16.3. The van der Waals surface area contributed by atoms with Crippen molar-refractivity contribution in [1.82, 2.24) is 10.2 Å². The average molecular weight is 499 g/mol. The first-order chi connectivity index (χ1) is 17.9. The van der Waals surface area contributed by atoms with Crippen molar-refractivity contribution in [3.63, 3.8) is 0 Å². The summed E-state index contributed by atoms with van der Waals surface area (Å²) in [4.78, 5) is 38.2. The molecule has 5 N–H and O–H groups in total. The first-order valence-electron chi connectivity index (χ1n) is 11.8. The Labute approximate surface area is 216 Å². The zero-order chi connectivity index (χ0) is 26.6. The van der Waals surface area contributed by atoms with Crippen LogP contribution in [0.3, 0.4) is 0 Å². The van der Waals surface area contributed by atoms with Crippen molar-refractivity contribution in [3.05, 3.63) is 101 Å². The first kappa shape index (κ1) is 27.3. The number of carbonyl (C=O) groups excluding carboxylic acids is 3. The Morgan fingerprint density at radius 2 is 1.51 bits per heavy atom. The minimum absolute atomic E-state index is 0.0948. The Kier molecular flexibility index (Phi) is 10.1. The standard InChI is InChI=1S/C29H30N4O4/c1-33(18-23-5-3-2-4-6-23)19-28(36)31-25-15-11-22(12-16-25)8-7-21-9-13-24(14-10-21)29(37)32-26(17-30)27(35)20-34/h2-6,9-16,26,34H,17-20,30H2,1H3,(H,31,36)(H,32,37)/t26-/m0/s1. The molecule has 37 heavy (non-hydrogen) atoms. The highest BCUT2D eigenvalue weighted by Gasteiger charge is 2.18. The molecule has 0 unspecified atom stereocenters. The molecule has 8 heteroatoms. The maximum atomic E-state index is 12.4. The molecule has 0 heterocycles. The molecule has 0 aromatic heterocycles. The summed E-state index contributed by atoms with van der Waals surface area (Å²) in [5, 5.41) is 14.4. The molecule has 0 aliphatic heterocycles. The summed E-state index contributed by atoms with van der Waals surface area (Å²) in [6.07, 6.45) is 0. The summed E-state index contributed by atoms with van der Waals surface area (Å²) in [6.45, 7) is 0.180. The molecule has 0 aliphatic rings. The molecule has 2 amide bonds. The van der Waals surface area contributed by atoms with Crippen molar-refractivity contribution in [2.75, 3.05) is 32.1 Å². The Balaban J connectivity index is 1.52. The molecule has 0 radical (unpaired) electrons. The second-order valence-electron chi connectivity index (χ2n) is 8.50. The van der Waals surface area contributed by atoms with Gasteiger partial charge >= 0.3 is 0 Å². The van der Waals surface area contributed by atoms with Crippen molar-refractivity contribution < 1.29 is 19.5 Å². The molecule has 1 atom stereocenters. The van der Waals surface area contributed by atoms with Crippen LogP contribution in [0.5, 0.6) is 0 Å². The fourth-order valence-electron chi connectivity index (χ4n) is 3.51. The monoisotopic (exact) mass is 498 g/mol. The van der Waals surface area contributed by atoms with Gasteiger partial charge in [0.25, 0.3) is 5.91 Å². The van der Waals surface area contributed by atoms with Crippen LogP contribution in [0.4, 0.5) is 5.69 Å². The van der Waals surface area contributed by atoms with E-state index in [1.165, 1.54) is 0 Å². The van der Waals surface area contributed by atoms with Crippen molar-refractivity contribution in [2.45, 2.75) is 12.6 Å². The zero-order valence-corrected chi connectivity index (χ0v) is 20.6. The third-order valence-electron chi connectivity index (χ3n) is 5.46. The topological polar surface area (TPSA) is 125 Å². The minimum atomic E-state index is -0.931. The Bertz CT molecular complexity index is 1260. The van der Waals surface area contributed by atoms with Gasteiger partial charge in [0.15, 0.2) is 5.78 Å². The average Bonchev–Trinajstić information content (AvgIpc) is 2.91. The number of nitrogens with zero attached hydrogens (tertiary/aromatic N) is 1. The van der Waals surface area contributed by atoms with Crippen LogP contribution in [0.1, 0.15) is 27.0 Å². The maximum absolute atomic E-state index is 12.4. The molecule has 0 saturated heterocycles. The number of amides is 2. The normalized spacial score (nSPS) is 11.2. The third kappa shape index (κ3) is 8.70. The number of anilines is 1. The number of nitrogens with two attached hydrogens (primary N) is 1. The third-order valence-corrected chi connectivity index (χ3v) is 5.46.